The van der Waals surface area contributed by atoms with Crippen LogP contribution in [-0.2, 0) is 52.2 Å². The van der Waals surface area contributed by atoms with Crippen LogP contribution in [0.2, 0.25) is 0 Å². The average molecular weight is 1130 g/mol. The first kappa shape index (κ1) is 60.8. The predicted molar refractivity (Wildman–Crippen MR) is 252 cm³/mol. The summed E-state index contributed by atoms with van der Waals surface area (Å²) in [6.07, 6.45) is -39.9. The first-order valence-electron chi connectivity index (χ1n) is 26.9. The van der Waals surface area contributed by atoms with Crippen LogP contribution in [-0.4, -0.2) is 285 Å². The number of aliphatic hydroxyl groups excluding tert-OH is 17. The Morgan fingerprint density at radius 3 is 1.41 bits per heavy atom. The smallest absolute Gasteiger partial charge is 0.314 e. The molecule has 78 heavy (non-hydrogen) atoms. The first-order valence-corrected chi connectivity index (χ1v) is 26.9. The van der Waals surface area contributed by atoms with Crippen molar-refractivity contribution in [1.29, 1.82) is 0 Å². The van der Waals surface area contributed by atoms with E-state index in [0.717, 1.165) is 0 Å². The van der Waals surface area contributed by atoms with Crippen molar-refractivity contribution in [3.63, 3.8) is 0 Å². The number of rotatable bonds is 15. The van der Waals surface area contributed by atoms with Gasteiger partial charge in [-0.2, -0.15) is 0 Å². The van der Waals surface area contributed by atoms with Crippen molar-refractivity contribution in [2.75, 3.05) is 33.0 Å². The van der Waals surface area contributed by atoms with Crippen LogP contribution in [0.4, 0.5) is 0 Å². The zero-order valence-corrected chi connectivity index (χ0v) is 43.3. The molecule has 0 aromatic rings. The molecule has 0 aromatic heterocycles. The molecule has 4 aliphatic carbocycles. The van der Waals surface area contributed by atoms with Crippen molar-refractivity contribution in [2.45, 2.75) is 231 Å². The zero-order valence-electron chi connectivity index (χ0n) is 43.3. The van der Waals surface area contributed by atoms with Gasteiger partial charge in [-0.3, -0.25) is 4.79 Å². The lowest BCUT2D eigenvalue weighted by Crippen LogP contribution is -2.68. The fourth-order valence-electron chi connectivity index (χ4n) is 15.0. The summed E-state index contributed by atoms with van der Waals surface area (Å²) in [5.74, 6) is -1.14. The SMILES string of the molecule is C=C1C[C@@]23CC[C@H]4[C@@](C)(CCC[C@@]4(C)C(=O)OC4O[C@H](CO)[C@@H](O)[C@H](O)[C@H]4O[C@@H]4O[C@H](CO)[C@@H](O)[C@H](O)[C@H]4O)[C@@H]2CC[C@]1(O[C@@H]1O[C@H](CO)[C@@H](O)[C@H](O[C@@H]2O[C@H](CO)[C@@H](O)[C@H](O)[C@H]2O)[C@H]1O[C@@H]1O[C@H](CO)[C@@H](O)[C@H](O)[C@H]1O)C3. The molecule has 28 heteroatoms. The summed E-state index contributed by atoms with van der Waals surface area (Å²) in [5.41, 5.74) is -2.81. The number of ether oxygens (including phenoxy) is 10. The van der Waals surface area contributed by atoms with E-state index in [9.17, 15) is 91.6 Å². The maximum atomic E-state index is 14.9. The Bertz CT molecular complexity index is 2070. The lowest BCUT2D eigenvalue weighted by Gasteiger charge is -2.64. The first-order chi connectivity index (χ1) is 36.9. The van der Waals surface area contributed by atoms with Gasteiger partial charge in [0, 0.05) is 0 Å². The Morgan fingerprint density at radius 1 is 0.487 bits per heavy atom. The summed E-state index contributed by atoms with van der Waals surface area (Å²) >= 11 is 0. The summed E-state index contributed by atoms with van der Waals surface area (Å²) in [5, 5.41) is 181. The van der Waals surface area contributed by atoms with Crippen LogP contribution in [0.15, 0.2) is 12.2 Å². The number of esters is 1. The number of carbonyl (C=O) groups is 1. The Kier molecular flexibility index (Phi) is 18.2. The highest BCUT2D eigenvalue weighted by Gasteiger charge is 2.70. The minimum absolute atomic E-state index is 0.0705. The molecule has 448 valence electrons. The fourth-order valence-corrected chi connectivity index (χ4v) is 15.0. The monoisotopic (exact) mass is 1130 g/mol. The van der Waals surface area contributed by atoms with Gasteiger partial charge in [0.05, 0.1) is 44.1 Å². The largest absolute Gasteiger partial charge is 0.432 e. The number of hydrogen-bond donors (Lipinski definition) is 17. The molecule has 17 N–H and O–H groups in total. The highest BCUT2D eigenvalue weighted by molar-refractivity contribution is 5.77. The van der Waals surface area contributed by atoms with Gasteiger partial charge in [0.1, 0.15) is 116 Å². The number of carbonyl (C=O) groups excluding carboxylic acids is 1. The zero-order chi connectivity index (χ0) is 56.7. The molecule has 1 spiro atoms. The molecule has 0 radical (unpaired) electrons. The van der Waals surface area contributed by atoms with Gasteiger partial charge in [-0.15, -0.1) is 0 Å². The molecule has 9 fully saturated rings. The van der Waals surface area contributed by atoms with E-state index in [-0.39, 0.29) is 11.8 Å². The van der Waals surface area contributed by atoms with Crippen molar-refractivity contribution in [1.82, 2.24) is 0 Å². The summed E-state index contributed by atoms with van der Waals surface area (Å²) in [7, 11) is 0. The van der Waals surface area contributed by atoms with E-state index in [0.29, 0.717) is 63.4 Å². The van der Waals surface area contributed by atoms with Gasteiger partial charge in [-0.1, -0.05) is 19.9 Å². The van der Waals surface area contributed by atoms with E-state index >= 15 is 0 Å². The van der Waals surface area contributed by atoms with Gasteiger partial charge in [0.25, 0.3) is 0 Å². The molecule has 0 amide bonds. The molecular weight excluding hydrogens is 1050 g/mol. The molecule has 9 rings (SSSR count). The Morgan fingerprint density at radius 2 is 0.910 bits per heavy atom. The second-order valence-electron chi connectivity index (χ2n) is 23.6. The highest BCUT2D eigenvalue weighted by atomic mass is 16.8. The van der Waals surface area contributed by atoms with Crippen molar-refractivity contribution in [3.8, 4) is 0 Å². The van der Waals surface area contributed by atoms with Crippen molar-refractivity contribution < 1.29 is 139 Å². The summed E-state index contributed by atoms with van der Waals surface area (Å²) < 4.78 is 60.3. The minimum Gasteiger partial charge on any atom is -0.432 e. The summed E-state index contributed by atoms with van der Waals surface area (Å²) in [6.45, 7) is 4.32. The molecule has 5 heterocycles. The fraction of sp³-hybridized carbons (Fsp3) is 0.940. The van der Waals surface area contributed by atoms with Gasteiger partial charge < -0.3 is 134 Å². The van der Waals surface area contributed by atoms with E-state index in [2.05, 4.69) is 13.5 Å². The van der Waals surface area contributed by atoms with Crippen LogP contribution in [0.3, 0.4) is 0 Å². The number of aliphatic hydroxyl groups is 17. The molecule has 28 nitrogen and oxygen atoms in total. The average Bonchev–Trinajstić information content (AvgIpc) is 3.69. The van der Waals surface area contributed by atoms with E-state index < -0.39 is 214 Å². The topological polar surface area (TPSA) is 453 Å². The Balaban J connectivity index is 0.968. The van der Waals surface area contributed by atoms with Crippen molar-refractivity contribution in [3.05, 3.63) is 12.2 Å². The molecule has 5 aliphatic heterocycles. The second-order valence-corrected chi connectivity index (χ2v) is 23.6. The second kappa shape index (κ2) is 23.3. The molecule has 9 aliphatic rings. The normalized spacial score (nSPS) is 54.5. The van der Waals surface area contributed by atoms with E-state index in [1.807, 2.05) is 0 Å². The molecule has 5 saturated heterocycles. The molecule has 2 bridgehead atoms. The molecule has 31 atom stereocenters. The number of hydrogen-bond acceptors (Lipinski definition) is 28. The van der Waals surface area contributed by atoms with Crippen LogP contribution in [0.1, 0.15) is 71.6 Å². The third-order valence-electron chi connectivity index (χ3n) is 19.2. The Labute approximate surface area is 448 Å². The molecule has 0 aromatic carbocycles. The van der Waals surface area contributed by atoms with E-state index in [4.69, 9.17) is 47.4 Å². The number of fused-ring (bicyclic) bond motifs is 3. The highest BCUT2D eigenvalue weighted by Crippen LogP contribution is 2.74. The van der Waals surface area contributed by atoms with E-state index in [1.54, 1.807) is 6.92 Å². The predicted octanol–water partition coefficient (Wildman–Crippen LogP) is -7.29. The molecular formula is C50H80O28. The Hall–Kier alpha value is -1.83. The lowest BCUT2D eigenvalue weighted by molar-refractivity contribution is -0.400. The van der Waals surface area contributed by atoms with Crippen LogP contribution in [0.5, 0.6) is 0 Å². The van der Waals surface area contributed by atoms with Gasteiger partial charge in [0.15, 0.2) is 31.3 Å². The summed E-state index contributed by atoms with van der Waals surface area (Å²) in [6, 6.07) is 0. The maximum Gasteiger partial charge on any atom is 0.314 e. The van der Waals surface area contributed by atoms with Gasteiger partial charge in [-0.05, 0) is 86.5 Å². The van der Waals surface area contributed by atoms with Crippen LogP contribution < -0.4 is 0 Å². The minimum atomic E-state index is -1.99. The van der Waals surface area contributed by atoms with Gasteiger partial charge >= 0.3 is 5.97 Å². The van der Waals surface area contributed by atoms with Gasteiger partial charge in [-0.25, -0.2) is 0 Å². The third-order valence-corrected chi connectivity index (χ3v) is 19.2. The van der Waals surface area contributed by atoms with E-state index in [1.165, 1.54) is 0 Å². The van der Waals surface area contributed by atoms with Gasteiger partial charge in [0.2, 0.25) is 6.29 Å². The third kappa shape index (κ3) is 10.3. The van der Waals surface area contributed by atoms with Crippen LogP contribution in [0.25, 0.3) is 0 Å². The van der Waals surface area contributed by atoms with Crippen molar-refractivity contribution >= 4 is 5.97 Å². The van der Waals surface area contributed by atoms with Crippen LogP contribution in [0, 0.1) is 28.1 Å². The standard InChI is InChI=1S/C50H80O28/c1-18-11-49-9-5-24-47(2,7-4-8-48(24,3)46(68)77-44-39(34(64)29(59)22(15-54)72-44)75-42-36(66)32(62)27(57)20(13-52)70-42)25(49)6-10-50(18,17-49)78-45-40(76-43-37(67)33(63)28(58)21(14-53)71-43)38(30(60)23(16-55)73-45)74-41-35(65)31(61)26(56)19(12-51)69-41/h19-45,51-67H,1,4-17H2,2-3H3/t19-,20-,21-,22-,23-,24+,25+,26-,27-,28-,29-,30-,31+,32+,33+,34+,35-,36-,37-,38+,39-,40-,41+,42+,43+,44?,45+,47-,48-,49-,50+/m1/s1. The van der Waals surface area contributed by atoms with Crippen molar-refractivity contribution in [2.24, 2.45) is 28.1 Å². The molecule has 1 unspecified atom stereocenters. The van der Waals surface area contributed by atoms with Crippen LogP contribution >= 0.6 is 0 Å². The maximum absolute atomic E-state index is 14.9. The quantitative estimate of drug-likeness (QED) is 0.0411. The molecule has 4 saturated carbocycles. The lowest BCUT2D eigenvalue weighted by atomic mass is 9.41. The summed E-state index contributed by atoms with van der Waals surface area (Å²) in [4.78, 5) is 14.9.